The van der Waals surface area contributed by atoms with Crippen molar-refractivity contribution < 1.29 is 17.9 Å². The molecule has 0 unspecified atom stereocenters. The molecule has 3 aromatic carbocycles. The van der Waals surface area contributed by atoms with Crippen LogP contribution in [-0.4, -0.2) is 6.61 Å². The summed E-state index contributed by atoms with van der Waals surface area (Å²) in [5.41, 5.74) is 3.15. The van der Waals surface area contributed by atoms with E-state index in [9.17, 15) is 13.2 Å². The van der Waals surface area contributed by atoms with Gasteiger partial charge in [0.1, 0.15) is 18.2 Å². The average molecular weight is 465 g/mol. The van der Waals surface area contributed by atoms with Crippen molar-refractivity contribution in [2.45, 2.75) is 51.4 Å². The molecule has 4 rings (SSSR count). The van der Waals surface area contributed by atoms with E-state index in [2.05, 4.69) is 13.5 Å². The fraction of sp³-hybridized carbons (Fsp3) is 0.333. The zero-order chi connectivity index (χ0) is 24.1. The average Bonchev–Trinajstić information content (AvgIpc) is 2.85. The van der Waals surface area contributed by atoms with Crippen LogP contribution >= 0.6 is 0 Å². The zero-order valence-corrected chi connectivity index (χ0v) is 19.6. The highest BCUT2D eigenvalue weighted by molar-refractivity contribution is 5.65. The molecule has 0 bridgehead atoms. The highest BCUT2D eigenvalue weighted by atomic mass is 19.2. The summed E-state index contributed by atoms with van der Waals surface area (Å²) >= 11 is 0. The highest BCUT2D eigenvalue weighted by Crippen LogP contribution is 2.37. The quantitative estimate of drug-likeness (QED) is 0.304. The van der Waals surface area contributed by atoms with Gasteiger partial charge in [0, 0.05) is 11.6 Å². The summed E-state index contributed by atoms with van der Waals surface area (Å²) in [6, 6.07) is 15.8. The van der Waals surface area contributed by atoms with Crippen molar-refractivity contribution in [2.24, 2.45) is 5.92 Å². The smallest absolute Gasteiger partial charge is 0.162 e. The molecule has 0 N–H and O–H groups in total. The number of halogens is 3. The molecule has 1 aliphatic rings. The van der Waals surface area contributed by atoms with Crippen LogP contribution in [0.4, 0.5) is 13.2 Å². The molecule has 0 saturated heterocycles. The maximum absolute atomic E-state index is 14.8. The number of benzene rings is 3. The van der Waals surface area contributed by atoms with Gasteiger partial charge in [0.2, 0.25) is 0 Å². The van der Waals surface area contributed by atoms with Gasteiger partial charge in [0.05, 0.1) is 0 Å². The lowest BCUT2D eigenvalue weighted by Gasteiger charge is -2.27. The van der Waals surface area contributed by atoms with Gasteiger partial charge in [0.25, 0.3) is 0 Å². The molecule has 0 radical (unpaired) electrons. The molecule has 0 aromatic heterocycles. The fourth-order valence-corrected chi connectivity index (χ4v) is 4.79. The van der Waals surface area contributed by atoms with Crippen LogP contribution in [0.5, 0.6) is 5.75 Å². The fourth-order valence-electron chi connectivity index (χ4n) is 4.79. The Morgan fingerprint density at radius 2 is 1.62 bits per heavy atom. The molecular formula is C30H31F3O. The van der Waals surface area contributed by atoms with Crippen molar-refractivity contribution in [3.05, 3.63) is 101 Å². The molecule has 1 aliphatic carbocycles. The Labute approximate surface area is 200 Å². The molecule has 1 saturated carbocycles. The molecule has 0 aliphatic heterocycles. The van der Waals surface area contributed by atoms with E-state index in [4.69, 9.17) is 4.74 Å². The minimum Gasteiger partial charge on any atom is -0.489 e. The monoisotopic (exact) mass is 464 g/mol. The van der Waals surface area contributed by atoms with Crippen molar-refractivity contribution in [1.82, 2.24) is 0 Å². The molecule has 34 heavy (non-hydrogen) atoms. The van der Waals surface area contributed by atoms with E-state index < -0.39 is 11.6 Å². The Morgan fingerprint density at radius 1 is 0.882 bits per heavy atom. The van der Waals surface area contributed by atoms with Crippen molar-refractivity contribution in [2.75, 3.05) is 6.61 Å². The van der Waals surface area contributed by atoms with E-state index in [1.807, 2.05) is 24.3 Å². The molecule has 0 amide bonds. The summed E-state index contributed by atoms with van der Waals surface area (Å²) in [7, 11) is 0. The topological polar surface area (TPSA) is 9.23 Å². The maximum Gasteiger partial charge on any atom is 0.162 e. The van der Waals surface area contributed by atoms with E-state index >= 15 is 0 Å². The molecule has 3 aromatic rings. The lowest BCUT2D eigenvalue weighted by molar-refractivity contribution is 0.339. The van der Waals surface area contributed by atoms with Crippen LogP contribution in [0.15, 0.2) is 67.3 Å². The van der Waals surface area contributed by atoms with E-state index in [1.54, 1.807) is 30.3 Å². The van der Waals surface area contributed by atoms with Crippen LogP contribution in [-0.2, 0) is 12.8 Å². The second-order valence-electron chi connectivity index (χ2n) is 9.34. The third kappa shape index (κ3) is 5.55. The van der Waals surface area contributed by atoms with E-state index in [0.717, 1.165) is 36.8 Å². The molecule has 0 spiro atoms. The second kappa shape index (κ2) is 10.9. The Kier molecular flexibility index (Phi) is 7.77. The van der Waals surface area contributed by atoms with Crippen LogP contribution in [0.1, 0.15) is 55.2 Å². The van der Waals surface area contributed by atoms with Crippen LogP contribution in [0.2, 0.25) is 0 Å². The number of aryl methyl sites for hydroxylation is 2. The molecule has 178 valence electrons. The minimum atomic E-state index is -0.714. The molecule has 4 heteroatoms. The van der Waals surface area contributed by atoms with Gasteiger partial charge in [-0.15, -0.1) is 0 Å². The van der Waals surface area contributed by atoms with Crippen LogP contribution < -0.4 is 4.74 Å². The SMILES string of the molecule is C=CCOc1ccc(-c2ccc(CCc3ccc(C4CCC(C)CC4)c(F)c3F)cc2)c(F)c1. The summed E-state index contributed by atoms with van der Waals surface area (Å²) in [5, 5.41) is 0. The first kappa shape index (κ1) is 24.1. The van der Waals surface area contributed by atoms with Crippen molar-refractivity contribution in [3.63, 3.8) is 0 Å². The largest absolute Gasteiger partial charge is 0.489 e. The van der Waals surface area contributed by atoms with Gasteiger partial charge in [-0.3, -0.25) is 0 Å². The zero-order valence-electron chi connectivity index (χ0n) is 19.6. The van der Waals surface area contributed by atoms with Crippen molar-refractivity contribution in [3.8, 4) is 16.9 Å². The van der Waals surface area contributed by atoms with Gasteiger partial charge in [0.15, 0.2) is 11.6 Å². The van der Waals surface area contributed by atoms with Gasteiger partial charge >= 0.3 is 0 Å². The van der Waals surface area contributed by atoms with E-state index in [-0.39, 0.29) is 11.7 Å². The Morgan fingerprint density at radius 3 is 2.29 bits per heavy atom. The first-order valence-corrected chi connectivity index (χ1v) is 12.1. The van der Waals surface area contributed by atoms with Gasteiger partial charge in [-0.25, -0.2) is 13.2 Å². The van der Waals surface area contributed by atoms with Gasteiger partial charge in [-0.2, -0.15) is 0 Å². The normalized spacial score (nSPS) is 18.0. The number of hydrogen-bond acceptors (Lipinski definition) is 1. The minimum absolute atomic E-state index is 0.121. The maximum atomic E-state index is 14.8. The third-order valence-electron chi connectivity index (χ3n) is 6.90. The van der Waals surface area contributed by atoms with Crippen LogP contribution in [0.25, 0.3) is 11.1 Å². The molecule has 0 atom stereocenters. The first-order chi connectivity index (χ1) is 16.5. The van der Waals surface area contributed by atoms with Gasteiger partial charge < -0.3 is 4.74 Å². The Balaban J connectivity index is 1.41. The van der Waals surface area contributed by atoms with Crippen LogP contribution in [0, 0.1) is 23.4 Å². The lowest BCUT2D eigenvalue weighted by atomic mass is 9.79. The summed E-state index contributed by atoms with van der Waals surface area (Å²) in [5.74, 6) is -0.509. The predicted octanol–water partition coefficient (Wildman–Crippen LogP) is 8.41. The standard InChI is InChI=1S/C30H31F3O/c1-3-18-34-25-15-17-26(28(31)19-25)22-11-6-21(7-12-22)8-13-24-14-16-27(30(33)29(24)32)23-9-4-20(2)5-10-23/h3,6-7,11-12,14-17,19-20,23H,1,4-5,8-10,13,18H2,2H3. The van der Waals surface area contributed by atoms with E-state index in [0.29, 0.717) is 47.8 Å². The number of ether oxygens (including phenoxy) is 1. The predicted molar refractivity (Wildman–Crippen MR) is 132 cm³/mol. The summed E-state index contributed by atoms with van der Waals surface area (Å²) in [6.45, 7) is 6.12. The number of rotatable bonds is 8. The van der Waals surface area contributed by atoms with Gasteiger partial charge in [-0.1, -0.05) is 68.8 Å². The molecule has 1 fully saturated rings. The third-order valence-corrected chi connectivity index (χ3v) is 6.90. The Hall–Kier alpha value is -3.01. The Bertz CT molecular complexity index is 1130. The summed E-state index contributed by atoms with van der Waals surface area (Å²) in [4.78, 5) is 0. The molecule has 1 nitrogen and oxygen atoms in total. The molecule has 0 heterocycles. The van der Waals surface area contributed by atoms with Crippen LogP contribution in [0.3, 0.4) is 0 Å². The number of hydrogen-bond donors (Lipinski definition) is 0. The summed E-state index contributed by atoms with van der Waals surface area (Å²) < 4.78 is 49.5. The van der Waals surface area contributed by atoms with Crippen molar-refractivity contribution >= 4 is 0 Å². The van der Waals surface area contributed by atoms with Crippen molar-refractivity contribution in [1.29, 1.82) is 0 Å². The van der Waals surface area contributed by atoms with Gasteiger partial charge in [-0.05, 0) is 71.9 Å². The summed E-state index contributed by atoms with van der Waals surface area (Å²) in [6.07, 6.45) is 6.59. The van der Waals surface area contributed by atoms with E-state index in [1.165, 1.54) is 6.07 Å². The second-order valence-corrected chi connectivity index (χ2v) is 9.34. The first-order valence-electron chi connectivity index (χ1n) is 12.1. The lowest BCUT2D eigenvalue weighted by Crippen LogP contribution is -2.13. The highest BCUT2D eigenvalue weighted by Gasteiger charge is 2.24. The molecular weight excluding hydrogens is 433 g/mol.